The third-order valence-electron chi connectivity index (χ3n) is 3.55. The van der Waals surface area contributed by atoms with Gasteiger partial charge in [-0.15, -0.1) is 0 Å². The van der Waals surface area contributed by atoms with Crippen LogP contribution >= 0.6 is 0 Å². The van der Waals surface area contributed by atoms with Crippen molar-refractivity contribution in [2.75, 3.05) is 5.32 Å². The molecule has 0 bridgehead atoms. The van der Waals surface area contributed by atoms with Crippen LogP contribution in [-0.2, 0) is 17.1 Å². The highest BCUT2D eigenvalue weighted by Gasteiger charge is 2.28. The van der Waals surface area contributed by atoms with Gasteiger partial charge >= 0.3 is 0 Å². The highest BCUT2D eigenvalue weighted by molar-refractivity contribution is 7.89. The van der Waals surface area contributed by atoms with Gasteiger partial charge < -0.3 is 5.32 Å². The van der Waals surface area contributed by atoms with Gasteiger partial charge in [-0.25, -0.2) is 13.1 Å². The summed E-state index contributed by atoms with van der Waals surface area (Å²) in [7, 11) is -1.85. The molecule has 7 nitrogen and oxygen atoms in total. The first kappa shape index (κ1) is 15.7. The second kappa shape index (κ2) is 5.78. The second-order valence-electron chi connectivity index (χ2n) is 5.67. The fourth-order valence-electron chi connectivity index (χ4n) is 2.21. The lowest BCUT2D eigenvalue weighted by Crippen LogP contribution is -2.26. The van der Waals surface area contributed by atoms with E-state index >= 15 is 0 Å². The molecule has 0 aliphatic heterocycles. The molecule has 8 heteroatoms. The van der Waals surface area contributed by atoms with Gasteiger partial charge in [-0.3, -0.25) is 9.48 Å². The van der Waals surface area contributed by atoms with Crippen LogP contribution in [-0.4, -0.2) is 30.1 Å². The molecule has 1 fully saturated rings. The van der Waals surface area contributed by atoms with Crippen LogP contribution in [0, 0.1) is 6.92 Å². The number of anilines is 1. The van der Waals surface area contributed by atoms with Crippen molar-refractivity contribution < 1.29 is 13.2 Å². The molecule has 23 heavy (non-hydrogen) atoms. The van der Waals surface area contributed by atoms with Crippen molar-refractivity contribution in [3.63, 3.8) is 0 Å². The number of benzene rings is 1. The quantitative estimate of drug-likeness (QED) is 0.865. The summed E-state index contributed by atoms with van der Waals surface area (Å²) in [5, 5.41) is 6.88. The summed E-state index contributed by atoms with van der Waals surface area (Å²) in [4.78, 5) is 12.4. The summed E-state index contributed by atoms with van der Waals surface area (Å²) in [6.07, 6.45) is 1.72. The summed E-state index contributed by atoms with van der Waals surface area (Å²) in [5.74, 6) is 0.174. The van der Waals surface area contributed by atoms with E-state index in [1.54, 1.807) is 29.9 Å². The molecule has 1 heterocycles. The summed E-state index contributed by atoms with van der Waals surface area (Å²) >= 11 is 0. The predicted molar refractivity (Wildman–Crippen MR) is 85.7 cm³/mol. The fraction of sp³-hybridized carbons (Fsp3) is 0.333. The van der Waals surface area contributed by atoms with Crippen molar-refractivity contribution >= 4 is 21.7 Å². The average Bonchev–Trinajstić information content (AvgIpc) is 3.23. The number of amides is 1. The van der Waals surface area contributed by atoms with Crippen molar-refractivity contribution in [1.29, 1.82) is 0 Å². The molecule has 1 aliphatic carbocycles. The van der Waals surface area contributed by atoms with E-state index in [2.05, 4.69) is 15.1 Å². The second-order valence-corrected chi connectivity index (χ2v) is 7.39. The molecule has 3 rings (SSSR count). The van der Waals surface area contributed by atoms with Gasteiger partial charge in [0.25, 0.3) is 5.91 Å². The van der Waals surface area contributed by atoms with Gasteiger partial charge in [-0.1, -0.05) is 6.07 Å². The number of sulfonamides is 1. The number of rotatable bonds is 5. The Morgan fingerprint density at radius 3 is 2.65 bits per heavy atom. The van der Waals surface area contributed by atoms with E-state index in [0.29, 0.717) is 5.82 Å². The van der Waals surface area contributed by atoms with E-state index < -0.39 is 10.0 Å². The maximum Gasteiger partial charge on any atom is 0.256 e. The molecule has 122 valence electrons. The van der Waals surface area contributed by atoms with E-state index in [0.717, 1.165) is 18.5 Å². The lowest BCUT2D eigenvalue weighted by molar-refractivity contribution is 0.102. The first-order valence-corrected chi connectivity index (χ1v) is 8.78. The largest absolute Gasteiger partial charge is 0.307 e. The molecule has 0 unspecified atom stereocenters. The molecule has 1 aromatic carbocycles. The Morgan fingerprint density at radius 1 is 1.30 bits per heavy atom. The predicted octanol–water partition coefficient (Wildman–Crippen LogP) is 1.42. The number of carbonyl (C=O) groups excluding carboxylic acids is 1. The molecule has 0 atom stereocenters. The monoisotopic (exact) mass is 334 g/mol. The number of nitrogens with zero attached hydrogens (tertiary/aromatic N) is 2. The molecular formula is C15H18N4O3S. The van der Waals surface area contributed by atoms with Crippen LogP contribution in [0.25, 0.3) is 0 Å². The Bertz CT molecular complexity index is 853. The van der Waals surface area contributed by atoms with Crippen molar-refractivity contribution in [3.05, 3.63) is 41.6 Å². The zero-order valence-electron chi connectivity index (χ0n) is 12.9. The van der Waals surface area contributed by atoms with Crippen molar-refractivity contribution in [2.24, 2.45) is 7.05 Å². The standard InChI is InChI=1S/C15H18N4O3S/c1-10-8-14(19(2)17-10)16-15(20)11-4-3-5-13(9-11)23(21,22)18-12-6-7-12/h3-5,8-9,12,18H,6-7H2,1-2H3,(H,16,20). The minimum atomic E-state index is -3.58. The van der Waals surface area contributed by atoms with E-state index in [4.69, 9.17) is 0 Å². The Kier molecular flexibility index (Phi) is 3.95. The van der Waals surface area contributed by atoms with Gasteiger partial charge in [0.15, 0.2) is 0 Å². The van der Waals surface area contributed by atoms with Crippen LogP contribution < -0.4 is 10.0 Å². The summed E-state index contributed by atoms with van der Waals surface area (Å²) in [6.45, 7) is 1.83. The molecule has 1 aromatic heterocycles. The van der Waals surface area contributed by atoms with E-state index in [9.17, 15) is 13.2 Å². The van der Waals surface area contributed by atoms with E-state index in [1.807, 2.05) is 6.92 Å². The summed E-state index contributed by atoms with van der Waals surface area (Å²) in [6, 6.07) is 7.76. The van der Waals surface area contributed by atoms with Crippen LogP contribution in [0.3, 0.4) is 0 Å². The van der Waals surface area contributed by atoms with Crippen LogP contribution in [0.2, 0.25) is 0 Å². The van der Waals surface area contributed by atoms with Gasteiger partial charge in [0, 0.05) is 24.7 Å². The van der Waals surface area contributed by atoms with Gasteiger partial charge in [0.05, 0.1) is 10.6 Å². The number of hydrogen-bond acceptors (Lipinski definition) is 4. The zero-order valence-corrected chi connectivity index (χ0v) is 13.7. The van der Waals surface area contributed by atoms with Crippen molar-refractivity contribution in [3.8, 4) is 0 Å². The highest BCUT2D eigenvalue weighted by atomic mass is 32.2. The topological polar surface area (TPSA) is 93.1 Å². The van der Waals surface area contributed by atoms with Crippen molar-refractivity contribution in [1.82, 2.24) is 14.5 Å². The normalized spacial score (nSPS) is 14.7. The number of nitrogens with one attached hydrogen (secondary N) is 2. The lowest BCUT2D eigenvalue weighted by Gasteiger charge is -2.08. The summed E-state index contributed by atoms with van der Waals surface area (Å²) < 4.78 is 28.6. The molecule has 1 aliphatic rings. The Balaban J connectivity index is 1.81. The molecule has 0 spiro atoms. The highest BCUT2D eigenvalue weighted by Crippen LogP contribution is 2.22. The lowest BCUT2D eigenvalue weighted by atomic mass is 10.2. The zero-order chi connectivity index (χ0) is 16.6. The molecule has 2 N–H and O–H groups in total. The Labute approximate surface area is 134 Å². The third-order valence-corrected chi connectivity index (χ3v) is 5.07. The maximum atomic E-state index is 12.3. The number of aromatic nitrogens is 2. The van der Waals surface area contributed by atoms with Gasteiger partial charge in [-0.05, 0) is 38.0 Å². The molecule has 1 saturated carbocycles. The van der Waals surface area contributed by atoms with Crippen molar-refractivity contribution in [2.45, 2.75) is 30.7 Å². The number of aryl methyl sites for hydroxylation is 2. The van der Waals surface area contributed by atoms with E-state index in [1.165, 1.54) is 12.1 Å². The minimum Gasteiger partial charge on any atom is -0.307 e. The molecule has 1 amide bonds. The molecule has 0 saturated heterocycles. The fourth-order valence-corrected chi connectivity index (χ4v) is 3.56. The Morgan fingerprint density at radius 2 is 2.04 bits per heavy atom. The average molecular weight is 334 g/mol. The summed E-state index contributed by atoms with van der Waals surface area (Å²) in [5.41, 5.74) is 1.07. The Hall–Kier alpha value is -2.19. The SMILES string of the molecule is Cc1cc(NC(=O)c2cccc(S(=O)(=O)NC3CC3)c2)n(C)n1. The van der Waals surface area contributed by atoms with Gasteiger partial charge in [0.2, 0.25) is 10.0 Å². The first-order valence-electron chi connectivity index (χ1n) is 7.29. The van der Waals surface area contributed by atoms with Gasteiger partial charge in [0.1, 0.15) is 5.82 Å². The maximum absolute atomic E-state index is 12.3. The van der Waals surface area contributed by atoms with E-state index in [-0.39, 0.29) is 22.4 Å². The number of hydrogen-bond donors (Lipinski definition) is 2. The molecular weight excluding hydrogens is 316 g/mol. The molecule has 2 aromatic rings. The van der Waals surface area contributed by atoms with Crippen LogP contribution in [0.4, 0.5) is 5.82 Å². The van der Waals surface area contributed by atoms with Crippen LogP contribution in [0.15, 0.2) is 35.2 Å². The smallest absolute Gasteiger partial charge is 0.256 e. The van der Waals surface area contributed by atoms with Gasteiger partial charge in [-0.2, -0.15) is 5.10 Å². The minimum absolute atomic E-state index is 0.0231. The third kappa shape index (κ3) is 3.59. The number of carbonyl (C=O) groups is 1. The molecule has 0 radical (unpaired) electrons. The first-order chi connectivity index (χ1) is 10.8. The van der Waals surface area contributed by atoms with Crippen LogP contribution in [0.1, 0.15) is 28.9 Å². The van der Waals surface area contributed by atoms with Crippen LogP contribution in [0.5, 0.6) is 0 Å².